The molecule has 1 aliphatic rings. The fourth-order valence-electron chi connectivity index (χ4n) is 2.87. The Morgan fingerprint density at radius 2 is 2.35 bits per heavy atom. The van der Waals surface area contributed by atoms with Crippen LogP contribution in [0.1, 0.15) is 26.7 Å². The van der Waals surface area contributed by atoms with E-state index in [-0.39, 0.29) is 12.5 Å². The molecule has 0 spiro atoms. The SMILES string of the molecule is CNC(=O)Cn1cc(NCC2CC(C)=CC(C)C2)cn1. The van der Waals surface area contributed by atoms with E-state index >= 15 is 0 Å². The van der Waals surface area contributed by atoms with E-state index < -0.39 is 0 Å². The predicted molar refractivity (Wildman–Crippen MR) is 80.4 cm³/mol. The van der Waals surface area contributed by atoms with Crippen LogP contribution in [0.4, 0.5) is 5.69 Å². The van der Waals surface area contributed by atoms with Crippen LogP contribution >= 0.6 is 0 Å². The summed E-state index contributed by atoms with van der Waals surface area (Å²) in [5.41, 5.74) is 2.47. The first-order valence-electron chi connectivity index (χ1n) is 7.21. The second-order valence-corrected chi connectivity index (χ2v) is 5.78. The number of nitrogens with one attached hydrogen (secondary N) is 2. The topological polar surface area (TPSA) is 59.0 Å². The van der Waals surface area contributed by atoms with Gasteiger partial charge in [0.2, 0.25) is 5.91 Å². The molecule has 0 bridgehead atoms. The van der Waals surface area contributed by atoms with E-state index in [1.54, 1.807) is 17.9 Å². The Morgan fingerprint density at radius 1 is 1.55 bits per heavy atom. The minimum atomic E-state index is -0.0403. The van der Waals surface area contributed by atoms with Crippen LogP contribution in [-0.2, 0) is 11.3 Å². The lowest BCUT2D eigenvalue weighted by Gasteiger charge is -2.25. The van der Waals surface area contributed by atoms with E-state index in [1.807, 2.05) is 6.20 Å². The van der Waals surface area contributed by atoms with Crippen molar-refractivity contribution < 1.29 is 4.79 Å². The normalized spacial score (nSPS) is 22.2. The molecule has 0 aromatic carbocycles. The van der Waals surface area contributed by atoms with Gasteiger partial charge in [0.1, 0.15) is 6.54 Å². The van der Waals surface area contributed by atoms with Crippen LogP contribution in [0.5, 0.6) is 0 Å². The maximum absolute atomic E-state index is 11.3. The van der Waals surface area contributed by atoms with Crippen molar-refractivity contribution in [1.29, 1.82) is 0 Å². The Balaban J connectivity index is 1.82. The lowest BCUT2D eigenvalue weighted by molar-refractivity contribution is -0.121. The third-order valence-electron chi connectivity index (χ3n) is 3.70. The molecule has 1 aromatic heterocycles. The number of carbonyl (C=O) groups is 1. The summed E-state index contributed by atoms with van der Waals surface area (Å²) in [6.07, 6.45) is 8.43. The van der Waals surface area contributed by atoms with Crippen molar-refractivity contribution in [2.45, 2.75) is 33.2 Å². The number of amides is 1. The summed E-state index contributed by atoms with van der Waals surface area (Å²) >= 11 is 0. The van der Waals surface area contributed by atoms with Crippen molar-refractivity contribution in [3.63, 3.8) is 0 Å². The number of nitrogens with zero attached hydrogens (tertiary/aromatic N) is 2. The molecule has 20 heavy (non-hydrogen) atoms. The van der Waals surface area contributed by atoms with Crippen LogP contribution in [0.25, 0.3) is 0 Å². The molecule has 2 unspecified atom stereocenters. The molecule has 0 fully saturated rings. The largest absolute Gasteiger partial charge is 0.382 e. The maximum atomic E-state index is 11.3. The highest BCUT2D eigenvalue weighted by Crippen LogP contribution is 2.27. The third-order valence-corrected chi connectivity index (χ3v) is 3.70. The van der Waals surface area contributed by atoms with Crippen molar-refractivity contribution in [3.05, 3.63) is 24.0 Å². The Hall–Kier alpha value is -1.78. The molecule has 110 valence electrons. The summed E-state index contributed by atoms with van der Waals surface area (Å²) in [6.45, 7) is 5.71. The molecule has 5 heteroatoms. The summed E-state index contributed by atoms with van der Waals surface area (Å²) in [4.78, 5) is 11.3. The first kappa shape index (κ1) is 14.6. The van der Waals surface area contributed by atoms with Gasteiger partial charge < -0.3 is 10.6 Å². The molecular weight excluding hydrogens is 252 g/mol. The van der Waals surface area contributed by atoms with Crippen LogP contribution in [-0.4, -0.2) is 29.3 Å². The zero-order valence-electron chi connectivity index (χ0n) is 12.5. The van der Waals surface area contributed by atoms with E-state index in [0.29, 0.717) is 11.8 Å². The molecule has 2 rings (SSSR count). The van der Waals surface area contributed by atoms with Crippen LogP contribution in [0.2, 0.25) is 0 Å². The lowest BCUT2D eigenvalue weighted by atomic mass is 9.84. The monoisotopic (exact) mass is 276 g/mol. The highest BCUT2D eigenvalue weighted by Gasteiger charge is 2.17. The first-order valence-corrected chi connectivity index (χ1v) is 7.21. The van der Waals surface area contributed by atoms with Gasteiger partial charge in [0.05, 0.1) is 11.9 Å². The number of anilines is 1. The van der Waals surface area contributed by atoms with Gasteiger partial charge in [-0.15, -0.1) is 0 Å². The standard InChI is InChI=1S/C15H24N4O/c1-11-4-12(2)6-13(5-11)7-17-14-8-18-19(9-14)10-15(20)16-3/h4,8-9,11,13,17H,5-7,10H2,1-3H3,(H,16,20). The van der Waals surface area contributed by atoms with Gasteiger partial charge in [0, 0.05) is 19.8 Å². The lowest BCUT2D eigenvalue weighted by Crippen LogP contribution is -2.23. The van der Waals surface area contributed by atoms with Gasteiger partial charge in [0.15, 0.2) is 0 Å². The zero-order valence-corrected chi connectivity index (χ0v) is 12.5. The van der Waals surface area contributed by atoms with Gasteiger partial charge in [-0.1, -0.05) is 18.6 Å². The molecule has 2 atom stereocenters. The molecule has 1 aromatic rings. The number of aromatic nitrogens is 2. The highest BCUT2D eigenvalue weighted by molar-refractivity contribution is 5.75. The summed E-state index contributed by atoms with van der Waals surface area (Å²) in [7, 11) is 1.63. The van der Waals surface area contributed by atoms with E-state index in [4.69, 9.17) is 0 Å². The first-order chi connectivity index (χ1) is 9.56. The second kappa shape index (κ2) is 6.59. The van der Waals surface area contributed by atoms with Gasteiger partial charge >= 0.3 is 0 Å². The van der Waals surface area contributed by atoms with Gasteiger partial charge in [0.25, 0.3) is 0 Å². The molecule has 0 saturated heterocycles. The van der Waals surface area contributed by atoms with E-state index in [0.717, 1.165) is 12.2 Å². The molecule has 5 nitrogen and oxygen atoms in total. The predicted octanol–water partition coefficient (Wildman–Crippen LogP) is 2.03. The molecular formula is C15H24N4O. The third kappa shape index (κ3) is 4.11. The minimum absolute atomic E-state index is 0.0403. The van der Waals surface area contributed by atoms with Crippen LogP contribution < -0.4 is 10.6 Å². The van der Waals surface area contributed by atoms with Crippen molar-refractivity contribution >= 4 is 11.6 Å². The zero-order chi connectivity index (χ0) is 14.5. The maximum Gasteiger partial charge on any atom is 0.241 e. The molecule has 2 N–H and O–H groups in total. The Morgan fingerprint density at radius 3 is 3.05 bits per heavy atom. The number of hydrogen-bond acceptors (Lipinski definition) is 3. The molecule has 0 radical (unpaired) electrons. The number of likely N-dealkylation sites (N-methyl/N-ethyl adjacent to an activating group) is 1. The smallest absolute Gasteiger partial charge is 0.241 e. The van der Waals surface area contributed by atoms with Gasteiger partial charge in [-0.3, -0.25) is 9.48 Å². The number of rotatable bonds is 5. The summed E-state index contributed by atoms with van der Waals surface area (Å²) in [5, 5.41) is 10.2. The fraction of sp³-hybridized carbons (Fsp3) is 0.600. The fourth-order valence-corrected chi connectivity index (χ4v) is 2.87. The van der Waals surface area contributed by atoms with Crippen molar-refractivity contribution in [1.82, 2.24) is 15.1 Å². The van der Waals surface area contributed by atoms with Crippen LogP contribution in [0, 0.1) is 11.8 Å². The average Bonchev–Trinajstić information content (AvgIpc) is 2.83. The van der Waals surface area contributed by atoms with E-state index in [9.17, 15) is 4.79 Å². The van der Waals surface area contributed by atoms with Crippen molar-refractivity contribution in [2.24, 2.45) is 11.8 Å². The van der Waals surface area contributed by atoms with Crippen molar-refractivity contribution in [2.75, 3.05) is 18.9 Å². The van der Waals surface area contributed by atoms with E-state index in [1.165, 1.54) is 18.4 Å². The summed E-state index contributed by atoms with van der Waals surface area (Å²) < 4.78 is 1.65. The van der Waals surface area contributed by atoms with Crippen molar-refractivity contribution in [3.8, 4) is 0 Å². The van der Waals surface area contributed by atoms with Gasteiger partial charge in [-0.25, -0.2) is 0 Å². The number of allylic oxidation sites excluding steroid dienone is 2. The van der Waals surface area contributed by atoms with Crippen LogP contribution in [0.3, 0.4) is 0 Å². The Bertz CT molecular complexity index is 492. The second-order valence-electron chi connectivity index (χ2n) is 5.78. The number of hydrogen-bond donors (Lipinski definition) is 2. The van der Waals surface area contributed by atoms with Crippen LogP contribution in [0.15, 0.2) is 24.0 Å². The Labute approximate surface area is 120 Å². The molecule has 1 heterocycles. The highest BCUT2D eigenvalue weighted by atomic mass is 16.1. The summed E-state index contributed by atoms with van der Waals surface area (Å²) in [5.74, 6) is 1.31. The molecule has 1 amide bonds. The number of carbonyl (C=O) groups excluding carboxylic acids is 1. The quantitative estimate of drug-likeness (QED) is 0.809. The van der Waals surface area contributed by atoms with Gasteiger partial charge in [-0.2, -0.15) is 5.10 Å². The molecule has 1 aliphatic carbocycles. The van der Waals surface area contributed by atoms with E-state index in [2.05, 4.69) is 35.7 Å². The van der Waals surface area contributed by atoms with Gasteiger partial charge in [-0.05, 0) is 31.6 Å². The summed E-state index contributed by atoms with van der Waals surface area (Å²) in [6, 6.07) is 0. The minimum Gasteiger partial charge on any atom is -0.382 e. The average molecular weight is 276 g/mol. The Kier molecular flexibility index (Phi) is 4.82. The molecule has 0 saturated carbocycles. The molecule has 0 aliphatic heterocycles.